The predicted molar refractivity (Wildman–Crippen MR) is 176 cm³/mol. The molecule has 45 heavy (non-hydrogen) atoms. The number of unbranched alkanes of at least 4 members (excludes halogenated alkanes) is 1. The molecule has 0 saturated carbocycles. The van der Waals surface area contributed by atoms with Gasteiger partial charge in [0.15, 0.2) is 11.5 Å². The summed E-state index contributed by atoms with van der Waals surface area (Å²) in [6.07, 6.45) is 5.62. The van der Waals surface area contributed by atoms with Crippen molar-refractivity contribution < 1.29 is 28.8 Å². The van der Waals surface area contributed by atoms with E-state index >= 15 is 0 Å². The van der Waals surface area contributed by atoms with Crippen LogP contribution in [0.4, 0.5) is 17.1 Å². The van der Waals surface area contributed by atoms with Crippen molar-refractivity contribution in [3.8, 4) is 17.2 Å². The Bertz CT molecular complexity index is 1560. The van der Waals surface area contributed by atoms with Crippen molar-refractivity contribution in [1.82, 2.24) is 0 Å². The van der Waals surface area contributed by atoms with Gasteiger partial charge >= 0.3 is 0 Å². The molecule has 6 rings (SSSR count). The molecule has 0 bridgehead atoms. The van der Waals surface area contributed by atoms with Crippen molar-refractivity contribution in [2.75, 3.05) is 68.8 Å². The molecule has 1 aliphatic carbocycles. The summed E-state index contributed by atoms with van der Waals surface area (Å²) >= 11 is 0. The van der Waals surface area contributed by atoms with E-state index in [1.807, 2.05) is 42.5 Å². The van der Waals surface area contributed by atoms with Crippen molar-refractivity contribution in [1.29, 1.82) is 0 Å². The molecule has 0 radical (unpaired) electrons. The van der Waals surface area contributed by atoms with Crippen LogP contribution in [0.2, 0.25) is 0 Å². The number of aliphatic hydroxyl groups is 1. The molecule has 9 nitrogen and oxygen atoms in total. The Balaban J connectivity index is 1.09. The maximum atomic E-state index is 13.3. The van der Waals surface area contributed by atoms with Gasteiger partial charge in [0.25, 0.3) is 5.91 Å². The summed E-state index contributed by atoms with van der Waals surface area (Å²) in [6, 6.07) is 20.3. The number of nitrogens with zero attached hydrogens (tertiary/aromatic N) is 1. The molecular formula is C36H41N3O6. The van der Waals surface area contributed by atoms with Crippen LogP contribution in [0, 0.1) is 0 Å². The lowest BCUT2D eigenvalue weighted by Gasteiger charge is -2.28. The number of ether oxygens (including phenoxy) is 4. The molecule has 236 valence electrons. The fraction of sp³-hybridized carbons (Fsp3) is 0.361. The zero-order chi connectivity index (χ0) is 31.0. The Kier molecular flexibility index (Phi) is 9.87. The number of carbonyl (C=O) groups is 1. The summed E-state index contributed by atoms with van der Waals surface area (Å²) in [5, 5.41) is 15.6. The third kappa shape index (κ3) is 7.44. The molecule has 9 heteroatoms. The highest BCUT2D eigenvalue weighted by molar-refractivity contribution is 6.09. The molecule has 0 aromatic heterocycles. The minimum absolute atomic E-state index is 0.0792. The highest BCUT2D eigenvalue weighted by Crippen LogP contribution is 2.38. The highest BCUT2D eigenvalue weighted by Gasteiger charge is 2.25. The summed E-state index contributed by atoms with van der Waals surface area (Å²) in [5.41, 5.74) is 7.60. The maximum Gasteiger partial charge on any atom is 0.253 e. The number of anilines is 3. The molecule has 0 spiro atoms. The standard InChI is InChI=1S/C36H41N3O6/c1-42-35-24-27(6-13-34(35)45-18-3-2-17-40)26-5-11-30-32(23-26)37-31-12-4-25(22-33(31)38-36(30)41)14-19-44-29-9-7-28(8-10-29)39-15-20-43-21-16-39/h4,6-10,12-13,22-24,37,40H,2-3,5,11,14-21H2,1H3,(H,38,41). The van der Waals surface area contributed by atoms with Gasteiger partial charge in [0.2, 0.25) is 0 Å². The van der Waals surface area contributed by atoms with Gasteiger partial charge in [-0.2, -0.15) is 0 Å². The zero-order valence-electron chi connectivity index (χ0n) is 25.8. The fourth-order valence-corrected chi connectivity index (χ4v) is 5.85. The summed E-state index contributed by atoms with van der Waals surface area (Å²) in [5.74, 6) is 2.11. The van der Waals surface area contributed by atoms with Crippen LogP contribution in [-0.4, -0.2) is 64.2 Å². The first-order chi connectivity index (χ1) is 22.1. The Labute approximate surface area is 264 Å². The number of hydrogen-bond acceptors (Lipinski definition) is 8. The highest BCUT2D eigenvalue weighted by atomic mass is 16.5. The van der Waals surface area contributed by atoms with Crippen LogP contribution in [0.1, 0.15) is 36.8 Å². The quantitative estimate of drug-likeness (QED) is 0.221. The SMILES string of the molecule is COc1cc(C2=CC3=C(CC2)C(=O)Nc2cc(CCOc4ccc(N5CCOCC5)cc4)ccc2N3)ccc1OCCCCO. The molecule has 3 aromatic rings. The molecule has 3 aromatic carbocycles. The number of rotatable bonds is 12. The van der Waals surface area contributed by atoms with Crippen molar-refractivity contribution >= 4 is 28.5 Å². The maximum absolute atomic E-state index is 13.3. The number of carbonyl (C=O) groups excluding carboxylic acids is 1. The van der Waals surface area contributed by atoms with E-state index in [0.717, 1.165) is 84.2 Å². The number of hydrogen-bond donors (Lipinski definition) is 3. The van der Waals surface area contributed by atoms with Gasteiger partial charge in [0.1, 0.15) is 5.75 Å². The molecule has 2 aliphatic heterocycles. The topological polar surface area (TPSA) is 102 Å². The molecule has 1 amide bonds. The van der Waals surface area contributed by atoms with Crippen molar-refractivity contribution in [2.45, 2.75) is 32.1 Å². The molecule has 1 fully saturated rings. The van der Waals surface area contributed by atoms with Crippen molar-refractivity contribution in [3.05, 3.63) is 89.1 Å². The van der Waals surface area contributed by atoms with E-state index in [9.17, 15) is 4.79 Å². The first-order valence-electron chi connectivity index (χ1n) is 15.7. The summed E-state index contributed by atoms with van der Waals surface area (Å²) in [7, 11) is 1.63. The van der Waals surface area contributed by atoms with E-state index < -0.39 is 0 Å². The van der Waals surface area contributed by atoms with Gasteiger partial charge in [-0.05, 0) is 97.0 Å². The normalized spacial score (nSPS) is 16.1. The zero-order valence-corrected chi connectivity index (χ0v) is 25.8. The lowest BCUT2D eigenvalue weighted by molar-refractivity contribution is -0.113. The number of allylic oxidation sites excluding steroid dienone is 2. The van der Waals surface area contributed by atoms with Crippen LogP contribution in [0.25, 0.3) is 5.57 Å². The van der Waals surface area contributed by atoms with Gasteiger partial charge < -0.3 is 39.6 Å². The lowest BCUT2D eigenvalue weighted by atomic mass is 9.91. The number of fused-ring (bicyclic) bond motifs is 1. The van der Waals surface area contributed by atoms with Crippen LogP contribution in [-0.2, 0) is 16.0 Å². The summed E-state index contributed by atoms with van der Waals surface area (Å²) in [6.45, 7) is 4.56. The summed E-state index contributed by atoms with van der Waals surface area (Å²) in [4.78, 5) is 15.6. The van der Waals surface area contributed by atoms with Crippen molar-refractivity contribution in [3.63, 3.8) is 0 Å². The van der Waals surface area contributed by atoms with E-state index in [4.69, 9.17) is 24.1 Å². The van der Waals surface area contributed by atoms with E-state index in [1.165, 1.54) is 5.69 Å². The second kappa shape index (κ2) is 14.5. The lowest BCUT2D eigenvalue weighted by Crippen LogP contribution is -2.36. The van der Waals surface area contributed by atoms with Gasteiger partial charge in [0.05, 0.1) is 44.9 Å². The fourth-order valence-electron chi connectivity index (χ4n) is 5.85. The molecule has 3 aliphatic rings. The number of amides is 1. The van der Waals surface area contributed by atoms with Crippen molar-refractivity contribution in [2.24, 2.45) is 0 Å². The third-order valence-electron chi connectivity index (χ3n) is 8.38. The largest absolute Gasteiger partial charge is 0.493 e. The first-order valence-corrected chi connectivity index (χ1v) is 15.7. The average molecular weight is 612 g/mol. The third-order valence-corrected chi connectivity index (χ3v) is 8.38. The second-order valence-corrected chi connectivity index (χ2v) is 11.4. The monoisotopic (exact) mass is 611 g/mol. The Morgan fingerprint density at radius 2 is 1.71 bits per heavy atom. The molecular weight excluding hydrogens is 570 g/mol. The number of aliphatic hydroxyl groups excluding tert-OH is 1. The van der Waals surface area contributed by atoms with Crippen LogP contribution < -0.4 is 29.7 Å². The number of nitrogens with one attached hydrogen (secondary N) is 2. The van der Waals surface area contributed by atoms with E-state index in [1.54, 1.807) is 7.11 Å². The number of methoxy groups -OCH3 is 1. The van der Waals surface area contributed by atoms with E-state index in [-0.39, 0.29) is 12.5 Å². The summed E-state index contributed by atoms with van der Waals surface area (Å²) < 4.78 is 23.0. The Hall–Kier alpha value is -4.47. The molecule has 0 unspecified atom stereocenters. The number of benzene rings is 3. The van der Waals surface area contributed by atoms with Gasteiger partial charge in [0, 0.05) is 43.1 Å². The van der Waals surface area contributed by atoms with Gasteiger partial charge in [-0.3, -0.25) is 4.79 Å². The minimum atomic E-state index is -0.0792. The first kappa shape index (κ1) is 30.6. The Morgan fingerprint density at radius 3 is 2.51 bits per heavy atom. The van der Waals surface area contributed by atoms with Gasteiger partial charge in [-0.1, -0.05) is 12.1 Å². The van der Waals surface area contributed by atoms with Crippen LogP contribution in [0.5, 0.6) is 17.2 Å². The van der Waals surface area contributed by atoms with E-state index in [2.05, 4.69) is 39.8 Å². The predicted octanol–water partition coefficient (Wildman–Crippen LogP) is 5.80. The second-order valence-electron chi connectivity index (χ2n) is 11.4. The number of morpholine rings is 1. The average Bonchev–Trinajstić information content (AvgIpc) is 3.22. The van der Waals surface area contributed by atoms with E-state index in [0.29, 0.717) is 44.0 Å². The molecule has 2 heterocycles. The molecule has 1 saturated heterocycles. The smallest absolute Gasteiger partial charge is 0.253 e. The van der Waals surface area contributed by atoms with Crippen LogP contribution in [0.3, 0.4) is 0 Å². The molecule has 3 N–H and O–H groups in total. The molecule has 0 atom stereocenters. The van der Waals surface area contributed by atoms with Gasteiger partial charge in [-0.15, -0.1) is 0 Å². The Morgan fingerprint density at radius 1 is 0.867 bits per heavy atom. The van der Waals surface area contributed by atoms with Gasteiger partial charge in [-0.25, -0.2) is 0 Å². The minimum Gasteiger partial charge on any atom is -0.493 e. The van der Waals surface area contributed by atoms with Crippen LogP contribution >= 0.6 is 0 Å². The van der Waals surface area contributed by atoms with Crippen LogP contribution in [0.15, 0.2) is 78.0 Å².